The van der Waals surface area contributed by atoms with Crippen LogP contribution in [0.5, 0.6) is 0 Å². The third-order valence-electron chi connectivity index (χ3n) is 4.02. The van der Waals surface area contributed by atoms with E-state index in [-0.39, 0.29) is 24.0 Å². The van der Waals surface area contributed by atoms with Crippen LogP contribution in [0.15, 0.2) is 29.3 Å². The molecule has 1 aromatic carbocycles. The van der Waals surface area contributed by atoms with Gasteiger partial charge in [-0.05, 0) is 44.4 Å². The van der Waals surface area contributed by atoms with E-state index < -0.39 is 0 Å². The molecule has 0 bridgehead atoms. The normalized spacial score (nSPS) is 22.0. The first kappa shape index (κ1) is 21.2. The molecule has 1 heterocycles. The molecule has 0 aromatic heterocycles. The SMILES string of the molecule is CCc1cccc(NC(N)=NCCCN2CC(C)OC(C)C2)c1.I. The van der Waals surface area contributed by atoms with Crippen molar-refractivity contribution in [3.8, 4) is 0 Å². The van der Waals surface area contributed by atoms with Gasteiger partial charge in [0.2, 0.25) is 0 Å². The van der Waals surface area contributed by atoms with Crippen molar-refractivity contribution in [3.63, 3.8) is 0 Å². The summed E-state index contributed by atoms with van der Waals surface area (Å²) < 4.78 is 5.75. The predicted octanol–water partition coefficient (Wildman–Crippen LogP) is 3.09. The Labute approximate surface area is 163 Å². The Bertz CT molecular complexity index is 513. The Balaban J connectivity index is 0.00000288. The fourth-order valence-corrected chi connectivity index (χ4v) is 3.02. The number of hydrogen-bond donors (Lipinski definition) is 2. The Kier molecular flexibility index (Phi) is 9.61. The number of aryl methyl sites for hydroxylation is 1. The summed E-state index contributed by atoms with van der Waals surface area (Å²) in [6, 6.07) is 8.27. The molecule has 1 saturated heterocycles. The third kappa shape index (κ3) is 7.36. The van der Waals surface area contributed by atoms with Crippen LogP contribution in [0, 0.1) is 0 Å². The van der Waals surface area contributed by atoms with Crippen LogP contribution in [-0.2, 0) is 11.2 Å². The molecule has 24 heavy (non-hydrogen) atoms. The average molecular weight is 446 g/mol. The number of morpholine rings is 1. The summed E-state index contributed by atoms with van der Waals surface area (Å²) in [5, 5.41) is 3.16. The first-order chi connectivity index (χ1) is 11.1. The maximum atomic E-state index is 5.97. The van der Waals surface area contributed by atoms with Crippen LogP contribution in [0.1, 0.15) is 32.8 Å². The van der Waals surface area contributed by atoms with E-state index in [1.54, 1.807) is 0 Å². The molecule has 1 fully saturated rings. The van der Waals surface area contributed by atoms with Gasteiger partial charge in [-0.1, -0.05) is 19.1 Å². The Morgan fingerprint density at radius 2 is 2.04 bits per heavy atom. The largest absolute Gasteiger partial charge is 0.373 e. The highest BCUT2D eigenvalue weighted by atomic mass is 127. The molecule has 6 heteroatoms. The number of guanidine groups is 1. The van der Waals surface area contributed by atoms with Gasteiger partial charge in [-0.25, -0.2) is 0 Å². The molecule has 5 nitrogen and oxygen atoms in total. The molecule has 0 amide bonds. The van der Waals surface area contributed by atoms with Crippen LogP contribution in [0.3, 0.4) is 0 Å². The van der Waals surface area contributed by atoms with Gasteiger partial charge in [0.15, 0.2) is 5.96 Å². The van der Waals surface area contributed by atoms with E-state index in [0.29, 0.717) is 18.2 Å². The van der Waals surface area contributed by atoms with Crippen LogP contribution < -0.4 is 11.1 Å². The lowest BCUT2D eigenvalue weighted by Crippen LogP contribution is -2.45. The fourth-order valence-electron chi connectivity index (χ4n) is 3.02. The van der Waals surface area contributed by atoms with Crippen LogP contribution in [-0.4, -0.2) is 49.2 Å². The van der Waals surface area contributed by atoms with E-state index >= 15 is 0 Å². The Hall–Kier alpha value is -0.860. The number of nitrogens with two attached hydrogens (primary N) is 1. The van der Waals surface area contributed by atoms with Crippen molar-refractivity contribution in [2.75, 3.05) is 31.5 Å². The van der Waals surface area contributed by atoms with Crippen LogP contribution in [0.25, 0.3) is 0 Å². The maximum Gasteiger partial charge on any atom is 0.193 e. The van der Waals surface area contributed by atoms with Gasteiger partial charge in [0.05, 0.1) is 12.2 Å². The number of benzene rings is 1. The molecule has 136 valence electrons. The summed E-state index contributed by atoms with van der Waals surface area (Å²) in [5.74, 6) is 0.488. The number of nitrogens with zero attached hydrogens (tertiary/aromatic N) is 2. The molecule has 0 aliphatic carbocycles. The molecule has 2 atom stereocenters. The van der Waals surface area contributed by atoms with Crippen molar-refractivity contribution in [1.82, 2.24) is 4.90 Å². The van der Waals surface area contributed by atoms with Gasteiger partial charge in [-0.2, -0.15) is 0 Å². The number of ether oxygens (including phenoxy) is 1. The topological polar surface area (TPSA) is 62.9 Å². The van der Waals surface area contributed by atoms with Crippen molar-refractivity contribution in [2.45, 2.75) is 45.8 Å². The quantitative estimate of drug-likeness (QED) is 0.305. The fraction of sp³-hybridized carbons (Fsp3) is 0.611. The van der Waals surface area contributed by atoms with E-state index in [9.17, 15) is 0 Å². The number of anilines is 1. The lowest BCUT2D eigenvalue weighted by Gasteiger charge is -2.35. The third-order valence-corrected chi connectivity index (χ3v) is 4.02. The van der Waals surface area contributed by atoms with Crippen LogP contribution in [0.2, 0.25) is 0 Å². The highest BCUT2D eigenvalue weighted by Crippen LogP contribution is 2.11. The summed E-state index contributed by atoms with van der Waals surface area (Å²) in [6.45, 7) is 10.2. The molecule has 2 unspecified atom stereocenters. The molecule has 1 aliphatic rings. The van der Waals surface area contributed by atoms with Crippen molar-refractivity contribution in [1.29, 1.82) is 0 Å². The molecule has 1 aliphatic heterocycles. The number of hydrogen-bond acceptors (Lipinski definition) is 3. The van der Waals surface area contributed by atoms with Crippen LogP contribution in [0.4, 0.5) is 5.69 Å². The molecule has 2 rings (SSSR count). The molecular weight excluding hydrogens is 415 g/mol. The minimum Gasteiger partial charge on any atom is -0.373 e. The summed E-state index contributed by atoms with van der Waals surface area (Å²) in [5.41, 5.74) is 8.26. The second-order valence-corrected chi connectivity index (χ2v) is 6.32. The second-order valence-electron chi connectivity index (χ2n) is 6.32. The van der Waals surface area contributed by atoms with Gasteiger partial charge in [-0.15, -0.1) is 24.0 Å². The van der Waals surface area contributed by atoms with Gasteiger partial charge in [0.1, 0.15) is 0 Å². The number of aliphatic imine (C=N–C) groups is 1. The molecular formula is C18H31IN4O. The molecule has 3 N–H and O–H groups in total. The van der Waals surface area contributed by atoms with Gasteiger partial charge in [0, 0.05) is 31.9 Å². The summed E-state index contributed by atoms with van der Waals surface area (Å²) in [7, 11) is 0. The van der Waals surface area contributed by atoms with Crippen molar-refractivity contribution in [2.24, 2.45) is 10.7 Å². The number of halogens is 1. The Morgan fingerprint density at radius 1 is 1.33 bits per heavy atom. The molecule has 0 saturated carbocycles. The van der Waals surface area contributed by atoms with Crippen molar-refractivity contribution < 1.29 is 4.74 Å². The summed E-state index contributed by atoms with van der Waals surface area (Å²) >= 11 is 0. The Morgan fingerprint density at radius 3 is 2.71 bits per heavy atom. The van der Waals surface area contributed by atoms with Crippen molar-refractivity contribution >= 4 is 35.6 Å². The molecule has 0 radical (unpaired) electrons. The maximum absolute atomic E-state index is 5.97. The highest BCUT2D eigenvalue weighted by molar-refractivity contribution is 14.0. The monoisotopic (exact) mass is 446 g/mol. The minimum atomic E-state index is 0. The van der Waals surface area contributed by atoms with Crippen LogP contribution >= 0.6 is 24.0 Å². The van der Waals surface area contributed by atoms with Gasteiger partial charge >= 0.3 is 0 Å². The second kappa shape index (κ2) is 10.9. The lowest BCUT2D eigenvalue weighted by molar-refractivity contribution is -0.0679. The molecule has 0 spiro atoms. The van der Waals surface area contributed by atoms with E-state index in [4.69, 9.17) is 10.5 Å². The number of nitrogens with one attached hydrogen (secondary N) is 1. The average Bonchev–Trinajstić information content (AvgIpc) is 2.51. The van der Waals surface area contributed by atoms with Gasteiger partial charge in [-0.3, -0.25) is 9.89 Å². The first-order valence-electron chi connectivity index (χ1n) is 8.60. The predicted molar refractivity (Wildman–Crippen MR) is 112 cm³/mol. The smallest absolute Gasteiger partial charge is 0.193 e. The van der Waals surface area contributed by atoms with E-state index in [0.717, 1.165) is 44.7 Å². The number of rotatable bonds is 6. The minimum absolute atomic E-state index is 0. The highest BCUT2D eigenvalue weighted by Gasteiger charge is 2.21. The van der Waals surface area contributed by atoms with Crippen molar-refractivity contribution in [3.05, 3.63) is 29.8 Å². The van der Waals surface area contributed by atoms with Gasteiger partial charge in [0.25, 0.3) is 0 Å². The zero-order valence-electron chi connectivity index (χ0n) is 15.0. The zero-order chi connectivity index (χ0) is 16.7. The lowest BCUT2D eigenvalue weighted by atomic mass is 10.1. The van der Waals surface area contributed by atoms with E-state index in [1.165, 1.54) is 5.56 Å². The standard InChI is InChI=1S/C18H30N4O.HI/c1-4-16-7-5-8-17(11-16)21-18(19)20-9-6-10-22-12-14(2)23-15(3)13-22;/h5,7-8,11,14-15H,4,6,9-10,12-13H2,1-3H3,(H3,19,20,21);1H. The van der Waals surface area contributed by atoms with E-state index in [1.807, 2.05) is 12.1 Å². The van der Waals surface area contributed by atoms with E-state index in [2.05, 4.69) is 48.1 Å². The molecule has 1 aromatic rings. The summed E-state index contributed by atoms with van der Waals surface area (Å²) in [6.07, 6.45) is 2.67. The first-order valence-corrected chi connectivity index (χ1v) is 8.60. The van der Waals surface area contributed by atoms with Gasteiger partial charge < -0.3 is 15.8 Å². The zero-order valence-corrected chi connectivity index (χ0v) is 17.3. The summed E-state index contributed by atoms with van der Waals surface area (Å²) in [4.78, 5) is 6.87.